The van der Waals surface area contributed by atoms with Crippen LogP contribution in [0.1, 0.15) is 34.7 Å². The summed E-state index contributed by atoms with van der Waals surface area (Å²) in [5, 5.41) is 2.81. The molecule has 25 heavy (non-hydrogen) atoms. The molecular formula is C21H25NO3. The minimum atomic E-state index is -0.847. The lowest BCUT2D eigenvalue weighted by Gasteiger charge is -2.15. The van der Waals surface area contributed by atoms with Gasteiger partial charge in [-0.05, 0) is 62.9 Å². The first-order valence-corrected chi connectivity index (χ1v) is 8.40. The van der Waals surface area contributed by atoms with Gasteiger partial charge in [-0.3, -0.25) is 9.59 Å². The van der Waals surface area contributed by atoms with E-state index in [0.29, 0.717) is 0 Å². The van der Waals surface area contributed by atoms with Crippen molar-refractivity contribution >= 4 is 17.6 Å². The largest absolute Gasteiger partial charge is 0.452 e. The average Bonchev–Trinajstić information content (AvgIpc) is 2.53. The molecule has 0 aliphatic heterocycles. The molecule has 0 spiro atoms. The SMILES string of the molecule is Cc1ccc(NC(=O)[C@@H](C)OC(=O)Cc2ccc(C)c(C)c2)c(C)c1. The molecule has 4 heteroatoms. The van der Waals surface area contributed by atoms with E-state index in [4.69, 9.17) is 4.74 Å². The van der Waals surface area contributed by atoms with Crippen molar-refractivity contribution in [1.82, 2.24) is 0 Å². The van der Waals surface area contributed by atoms with Crippen LogP contribution in [-0.2, 0) is 20.7 Å². The third kappa shape index (κ3) is 5.18. The van der Waals surface area contributed by atoms with Crippen molar-refractivity contribution in [2.24, 2.45) is 0 Å². The highest BCUT2D eigenvalue weighted by Gasteiger charge is 2.18. The summed E-state index contributed by atoms with van der Waals surface area (Å²) in [4.78, 5) is 24.3. The Hall–Kier alpha value is -2.62. The van der Waals surface area contributed by atoms with E-state index in [9.17, 15) is 9.59 Å². The van der Waals surface area contributed by atoms with Crippen molar-refractivity contribution in [1.29, 1.82) is 0 Å². The van der Waals surface area contributed by atoms with Gasteiger partial charge < -0.3 is 10.1 Å². The van der Waals surface area contributed by atoms with E-state index >= 15 is 0 Å². The quantitative estimate of drug-likeness (QED) is 0.837. The Bertz CT molecular complexity index is 796. The number of carbonyl (C=O) groups is 2. The van der Waals surface area contributed by atoms with Crippen LogP contribution in [0.15, 0.2) is 36.4 Å². The number of anilines is 1. The van der Waals surface area contributed by atoms with Crippen molar-refractivity contribution < 1.29 is 14.3 Å². The maximum absolute atomic E-state index is 12.2. The van der Waals surface area contributed by atoms with E-state index < -0.39 is 12.1 Å². The van der Waals surface area contributed by atoms with Gasteiger partial charge in [0.05, 0.1) is 6.42 Å². The Kier molecular flexibility index (Phi) is 5.97. The van der Waals surface area contributed by atoms with Crippen LogP contribution in [-0.4, -0.2) is 18.0 Å². The smallest absolute Gasteiger partial charge is 0.311 e. The second-order valence-corrected chi connectivity index (χ2v) is 6.54. The van der Waals surface area contributed by atoms with Crippen LogP contribution in [0.2, 0.25) is 0 Å². The van der Waals surface area contributed by atoms with Gasteiger partial charge in [-0.1, -0.05) is 35.9 Å². The van der Waals surface area contributed by atoms with Gasteiger partial charge in [0, 0.05) is 5.69 Å². The summed E-state index contributed by atoms with van der Waals surface area (Å²) in [6.07, 6.45) is -0.692. The molecule has 2 aromatic rings. The van der Waals surface area contributed by atoms with E-state index in [2.05, 4.69) is 5.32 Å². The zero-order valence-corrected chi connectivity index (χ0v) is 15.5. The fourth-order valence-corrected chi connectivity index (χ4v) is 2.56. The highest BCUT2D eigenvalue weighted by molar-refractivity contribution is 5.95. The molecule has 0 radical (unpaired) electrons. The fraction of sp³-hybridized carbons (Fsp3) is 0.333. The molecule has 0 saturated heterocycles. The molecule has 0 aromatic heterocycles. The maximum atomic E-state index is 12.2. The molecule has 132 valence electrons. The molecule has 0 bridgehead atoms. The van der Waals surface area contributed by atoms with Gasteiger partial charge >= 0.3 is 5.97 Å². The van der Waals surface area contributed by atoms with Crippen molar-refractivity contribution in [3.8, 4) is 0 Å². The summed E-state index contributed by atoms with van der Waals surface area (Å²) < 4.78 is 5.27. The van der Waals surface area contributed by atoms with Gasteiger partial charge in [0.15, 0.2) is 6.10 Å². The maximum Gasteiger partial charge on any atom is 0.311 e. The minimum Gasteiger partial charge on any atom is -0.452 e. The summed E-state index contributed by atoms with van der Waals surface area (Å²) in [5.41, 5.74) is 6.03. The van der Waals surface area contributed by atoms with Crippen LogP contribution >= 0.6 is 0 Å². The fourth-order valence-electron chi connectivity index (χ4n) is 2.56. The number of carbonyl (C=O) groups excluding carboxylic acids is 2. The molecule has 0 unspecified atom stereocenters. The Morgan fingerprint density at radius 1 is 0.960 bits per heavy atom. The second kappa shape index (κ2) is 7.97. The highest BCUT2D eigenvalue weighted by atomic mass is 16.5. The molecule has 4 nitrogen and oxygen atoms in total. The Morgan fingerprint density at radius 3 is 2.32 bits per heavy atom. The summed E-state index contributed by atoms with van der Waals surface area (Å²) in [5.74, 6) is -0.744. The molecule has 0 heterocycles. The molecular weight excluding hydrogens is 314 g/mol. The predicted octanol–water partition coefficient (Wildman–Crippen LogP) is 4.03. The van der Waals surface area contributed by atoms with E-state index in [-0.39, 0.29) is 12.3 Å². The topological polar surface area (TPSA) is 55.4 Å². The lowest BCUT2D eigenvalue weighted by Crippen LogP contribution is -2.30. The van der Waals surface area contributed by atoms with Crippen LogP contribution in [0.25, 0.3) is 0 Å². The number of benzene rings is 2. The third-order valence-corrected chi connectivity index (χ3v) is 4.24. The van der Waals surface area contributed by atoms with Gasteiger partial charge in [-0.15, -0.1) is 0 Å². The van der Waals surface area contributed by atoms with Crippen molar-refractivity contribution in [3.63, 3.8) is 0 Å². The van der Waals surface area contributed by atoms with Gasteiger partial charge in [0.1, 0.15) is 0 Å². The number of hydrogen-bond donors (Lipinski definition) is 1. The Morgan fingerprint density at radius 2 is 1.68 bits per heavy atom. The molecule has 1 amide bonds. The minimum absolute atomic E-state index is 0.155. The molecule has 0 saturated carbocycles. The van der Waals surface area contributed by atoms with E-state index in [1.54, 1.807) is 6.92 Å². The molecule has 2 rings (SSSR count). The van der Waals surface area contributed by atoms with Crippen LogP contribution in [0.4, 0.5) is 5.69 Å². The van der Waals surface area contributed by atoms with Gasteiger partial charge in [0.2, 0.25) is 0 Å². The zero-order valence-electron chi connectivity index (χ0n) is 15.5. The summed E-state index contributed by atoms with van der Waals surface area (Å²) >= 11 is 0. The summed E-state index contributed by atoms with van der Waals surface area (Å²) in [6.45, 7) is 9.53. The van der Waals surface area contributed by atoms with E-state index in [1.807, 2.05) is 64.1 Å². The lowest BCUT2D eigenvalue weighted by atomic mass is 10.0. The zero-order chi connectivity index (χ0) is 18.6. The number of ether oxygens (including phenoxy) is 1. The van der Waals surface area contributed by atoms with Crippen LogP contribution in [0.5, 0.6) is 0 Å². The van der Waals surface area contributed by atoms with Gasteiger partial charge in [-0.2, -0.15) is 0 Å². The number of esters is 1. The highest BCUT2D eigenvalue weighted by Crippen LogP contribution is 2.17. The first-order chi connectivity index (χ1) is 11.8. The first kappa shape index (κ1) is 18.7. The number of rotatable bonds is 5. The average molecular weight is 339 g/mol. The number of aryl methyl sites for hydroxylation is 4. The molecule has 0 aliphatic carbocycles. The first-order valence-electron chi connectivity index (χ1n) is 8.40. The summed E-state index contributed by atoms with van der Waals surface area (Å²) in [7, 11) is 0. The normalized spacial score (nSPS) is 11.7. The number of amides is 1. The van der Waals surface area contributed by atoms with Gasteiger partial charge in [-0.25, -0.2) is 0 Å². The van der Waals surface area contributed by atoms with Crippen LogP contribution in [0, 0.1) is 27.7 Å². The third-order valence-electron chi connectivity index (χ3n) is 4.24. The molecule has 0 aliphatic rings. The van der Waals surface area contributed by atoms with Crippen LogP contribution in [0.3, 0.4) is 0 Å². The monoisotopic (exact) mass is 339 g/mol. The van der Waals surface area contributed by atoms with Crippen molar-refractivity contribution in [2.75, 3.05) is 5.32 Å². The van der Waals surface area contributed by atoms with Crippen molar-refractivity contribution in [3.05, 3.63) is 64.2 Å². The predicted molar refractivity (Wildman–Crippen MR) is 99.7 cm³/mol. The van der Waals surface area contributed by atoms with E-state index in [1.165, 1.54) is 5.56 Å². The Balaban J connectivity index is 1.93. The number of hydrogen-bond acceptors (Lipinski definition) is 3. The van der Waals surface area contributed by atoms with Crippen molar-refractivity contribution in [2.45, 2.75) is 47.1 Å². The lowest BCUT2D eigenvalue weighted by molar-refractivity contribution is -0.152. The molecule has 1 atom stereocenters. The Labute approximate surface area is 149 Å². The molecule has 0 fully saturated rings. The molecule has 1 N–H and O–H groups in total. The second-order valence-electron chi connectivity index (χ2n) is 6.54. The standard InChI is InChI=1S/C21H25NO3/c1-13-6-9-19(16(4)10-13)22-21(24)17(5)25-20(23)12-18-8-7-14(2)15(3)11-18/h6-11,17H,12H2,1-5H3,(H,22,24)/t17-/m1/s1. The van der Waals surface area contributed by atoms with Crippen LogP contribution < -0.4 is 5.32 Å². The summed E-state index contributed by atoms with van der Waals surface area (Å²) in [6, 6.07) is 11.6. The van der Waals surface area contributed by atoms with Gasteiger partial charge in [0.25, 0.3) is 5.91 Å². The number of nitrogens with one attached hydrogen (secondary N) is 1. The molecule has 2 aromatic carbocycles. The van der Waals surface area contributed by atoms with E-state index in [0.717, 1.165) is 27.9 Å².